The third-order valence-corrected chi connectivity index (χ3v) is 2.79. The second-order valence-corrected chi connectivity index (χ2v) is 5.83. The summed E-state index contributed by atoms with van der Waals surface area (Å²) in [7, 11) is 0. The number of benzene rings is 1. The van der Waals surface area contributed by atoms with Gasteiger partial charge in [-0.3, -0.25) is 4.98 Å². The third-order valence-electron chi connectivity index (χ3n) is 2.79. The number of aromatic nitrogens is 1. The molecule has 3 heteroatoms. The van der Waals surface area contributed by atoms with Crippen LogP contribution in [0, 0.1) is 0 Å². The molecule has 1 aromatic carbocycles. The summed E-state index contributed by atoms with van der Waals surface area (Å²) in [4.78, 5) is 4.60. The maximum absolute atomic E-state index is 5.71. The lowest BCUT2D eigenvalue weighted by Crippen LogP contribution is -2.35. The van der Waals surface area contributed by atoms with Crippen molar-refractivity contribution >= 4 is 0 Å². The third kappa shape index (κ3) is 5.02. The second kappa shape index (κ2) is 6.53. The van der Waals surface area contributed by atoms with E-state index in [1.165, 1.54) is 0 Å². The smallest absolute Gasteiger partial charge is 0.130 e. The highest BCUT2D eigenvalue weighted by Gasteiger charge is 2.09. The van der Waals surface area contributed by atoms with Gasteiger partial charge in [-0.05, 0) is 45.0 Å². The Morgan fingerprint density at radius 2 is 1.65 bits per heavy atom. The van der Waals surface area contributed by atoms with Crippen LogP contribution in [-0.2, 0) is 13.2 Å². The van der Waals surface area contributed by atoms with Crippen LogP contribution in [-0.4, -0.2) is 10.5 Å². The number of hydrogen-bond donors (Lipinski definition) is 1. The van der Waals surface area contributed by atoms with Gasteiger partial charge in [-0.15, -0.1) is 0 Å². The van der Waals surface area contributed by atoms with Crippen LogP contribution in [0.2, 0.25) is 0 Å². The van der Waals surface area contributed by atoms with Gasteiger partial charge in [-0.1, -0.05) is 24.3 Å². The Morgan fingerprint density at radius 1 is 0.950 bits per heavy atom. The predicted molar refractivity (Wildman–Crippen MR) is 81.6 cm³/mol. The summed E-state index contributed by atoms with van der Waals surface area (Å²) in [6, 6.07) is 15.9. The summed E-state index contributed by atoms with van der Waals surface area (Å²) in [6.45, 7) is 7.70. The maximum atomic E-state index is 5.71. The van der Waals surface area contributed by atoms with Gasteiger partial charge in [0.05, 0.1) is 11.4 Å². The van der Waals surface area contributed by atoms with Crippen molar-refractivity contribution in [2.75, 3.05) is 0 Å². The summed E-state index contributed by atoms with van der Waals surface area (Å²) < 4.78 is 5.71. The van der Waals surface area contributed by atoms with E-state index in [2.05, 4.69) is 31.1 Å². The summed E-state index contributed by atoms with van der Waals surface area (Å²) in [5.74, 6) is 0.868. The van der Waals surface area contributed by atoms with Crippen LogP contribution in [0.15, 0.2) is 48.5 Å². The number of nitrogens with zero attached hydrogens (tertiary/aromatic N) is 1. The van der Waals surface area contributed by atoms with Gasteiger partial charge in [0.2, 0.25) is 0 Å². The number of rotatable bonds is 5. The molecule has 0 atom stereocenters. The fourth-order valence-corrected chi connectivity index (χ4v) is 1.74. The molecule has 106 valence electrons. The fourth-order valence-electron chi connectivity index (χ4n) is 1.74. The van der Waals surface area contributed by atoms with E-state index in [-0.39, 0.29) is 5.54 Å². The monoisotopic (exact) mass is 270 g/mol. The molecule has 0 amide bonds. The normalized spacial score (nSPS) is 11.3. The SMILES string of the molecule is CC(C)(C)NCc1cccc(COc2ccccc2)n1. The lowest BCUT2D eigenvalue weighted by Gasteiger charge is -2.20. The van der Waals surface area contributed by atoms with Crippen LogP contribution in [0.25, 0.3) is 0 Å². The molecule has 0 unspecified atom stereocenters. The molecule has 20 heavy (non-hydrogen) atoms. The lowest BCUT2D eigenvalue weighted by molar-refractivity contribution is 0.300. The Labute approximate surface area is 121 Å². The van der Waals surface area contributed by atoms with Gasteiger partial charge < -0.3 is 10.1 Å². The molecule has 0 saturated heterocycles. The minimum Gasteiger partial charge on any atom is -0.487 e. The van der Waals surface area contributed by atoms with Crippen molar-refractivity contribution in [2.45, 2.75) is 39.5 Å². The molecule has 0 bridgehead atoms. The number of hydrogen-bond acceptors (Lipinski definition) is 3. The number of pyridine rings is 1. The number of para-hydroxylation sites is 1. The molecule has 1 aromatic heterocycles. The second-order valence-electron chi connectivity index (χ2n) is 5.83. The molecule has 0 fully saturated rings. The predicted octanol–water partition coefficient (Wildman–Crippen LogP) is 3.55. The van der Waals surface area contributed by atoms with Crippen molar-refractivity contribution in [3.63, 3.8) is 0 Å². The van der Waals surface area contributed by atoms with E-state index in [4.69, 9.17) is 4.74 Å². The molecule has 0 spiro atoms. The van der Waals surface area contributed by atoms with E-state index < -0.39 is 0 Å². The van der Waals surface area contributed by atoms with Gasteiger partial charge in [0.25, 0.3) is 0 Å². The first kappa shape index (κ1) is 14.5. The molecule has 0 aliphatic rings. The first-order valence-electron chi connectivity index (χ1n) is 6.91. The van der Waals surface area contributed by atoms with Crippen molar-refractivity contribution in [1.82, 2.24) is 10.3 Å². The molecule has 0 saturated carbocycles. The van der Waals surface area contributed by atoms with Gasteiger partial charge in [0, 0.05) is 12.1 Å². The topological polar surface area (TPSA) is 34.1 Å². The van der Waals surface area contributed by atoms with Crippen LogP contribution in [0.3, 0.4) is 0 Å². The van der Waals surface area contributed by atoms with Crippen LogP contribution < -0.4 is 10.1 Å². The fraction of sp³-hybridized carbons (Fsp3) is 0.353. The Bertz CT molecular complexity index is 532. The van der Waals surface area contributed by atoms with Gasteiger partial charge >= 0.3 is 0 Å². The van der Waals surface area contributed by atoms with Gasteiger partial charge in [-0.2, -0.15) is 0 Å². The summed E-state index contributed by atoms with van der Waals surface area (Å²) in [6.07, 6.45) is 0. The van der Waals surface area contributed by atoms with E-state index in [9.17, 15) is 0 Å². The van der Waals surface area contributed by atoms with Crippen LogP contribution in [0.4, 0.5) is 0 Å². The van der Waals surface area contributed by atoms with E-state index in [0.29, 0.717) is 6.61 Å². The van der Waals surface area contributed by atoms with Crippen molar-refractivity contribution in [2.24, 2.45) is 0 Å². The molecule has 3 nitrogen and oxygen atoms in total. The Hall–Kier alpha value is -1.87. The Kier molecular flexibility index (Phi) is 4.74. The highest BCUT2D eigenvalue weighted by molar-refractivity contribution is 5.21. The Morgan fingerprint density at radius 3 is 2.35 bits per heavy atom. The average molecular weight is 270 g/mol. The zero-order chi connectivity index (χ0) is 14.4. The van der Waals surface area contributed by atoms with E-state index in [1.807, 2.05) is 48.5 Å². The zero-order valence-electron chi connectivity index (χ0n) is 12.4. The van der Waals surface area contributed by atoms with Gasteiger partial charge in [-0.25, -0.2) is 0 Å². The van der Waals surface area contributed by atoms with Gasteiger partial charge in [0.15, 0.2) is 0 Å². The van der Waals surface area contributed by atoms with E-state index in [0.717, 1.165) is 23.7 Å². The average Bonchev–Trinajstić information content (AvgIpc) is 2.44. The molecule has 1 N–H and O–H groups in total. The standard InChI is InChI=1S/C17H22N2O/c1-17(2,3)18-12-14-8-7-9-15(19-14)13-20-16-10-5-4-6-11-16/h4-11,18H,12-13H2,1-3H3. The molecular weight excluding hydrogens is 248 g/mol. The Balaban J connectivity index is 1.92. The highest BCUT2D eigenvalue weighted by Crippen LogP contribution is 2.11. The first-order valence-corrected chi connectivity index (χ1v) is 6.91. The maximum Gasteiger partial charge on any atom is 0.130 e. The van der Waals surface area contributed by atoms with Gasteiger partial charge in [0.1, 0.15) is 12.4 Å². The number of nitrogens with one attached hydrogen (secondary N) is 1. The lowest BCUT2D eigenvalue weighted by atomic mass is 10.1. The van der Waals surface area contributed by atoms with Crippen molar-refractivity contribution < 1.29 is 4.74 Å². The molecule has 1 heterocycles. The van der Waals surface area contributed by atoms with Crippen LogP contribution >= 0.6 is 0 Å². The van der Waals surface area contributed by atoms with Crippen LogP contribution in [0.5, 0.6) is 5.75 Å². The minimum atomic E-state index is 0.0955. The van der Waals surface area contributed by atoms with Crippen LogP contribution in [0.1, 0.15) is 32.2 Å². The summed E-state index contributed by atoms with van der Waals surface area (Å²) in [5.41, 5.74) is 2.08. The highest BCUT2D eigenvalue weighted by atomic mass is 16.5. The summed E-state index contributed by atoms with van der Waals surface area (Å²) in [5, 5.41) is 3.44. The first-order chi connectivity index (χ1) is 9.53. The minimum absolute atomic E-state index is 0.0955. The van der Waals surface area contributed by atoms with E-state index >= 15 is 0 Å². The summed E-state index contributed by atoms with van der Waals surface area (Å²) >= 11 is 0. The molecule has 2 aromatic rings. The number of ether oxygens (including phenoxy) is 1. The van der Waals surface area contributed by atoms with Crippen molar-refractivity contribution in [1.29, 1.82) is 0 Å². The van der Waals surface area contributed by atoms with Crippen molar-refractivity contribution in [3.8, 4) is 5.75 Å². The molecular formula is C17H22N2O. The van der Waals surface area contributed by atoms with Crippen molar-refractivity contribution in [3.05, 3.63) is 59.9 Å². The zero-order valence-corrected chi connectivity index (χ0v) is 12.4. The molecule has 0 aliphatic carbocycles. The largest absolute Gasteiger partial charge is 0.487 e. The van der Waals surface area contributed by atoms with E-state index in [1.54, 1.807) is 0 Å². The molecule has 0 radical (unpaired) electrons. The quantitative estimate of drug-likeness (QED) is 0.902. The molecule has 0 aliphatic heterocycles. The molecule has 2 rings (SSSR count).